The molecule has 2 N–H and O–H groups in total. The Balaban J connectivity index is 2.07. The Labute approximate surface area is 111 Å². The van der Waals surface area contributed by atoms with E-state index in [-0.39, 0.29) is 17.9 Å². The van der Waals surface area contributed by atoms with Gasteiger partial charge in [-0.2, -0.15) is 0 Å². The fourth-order valence-corrected chi connectivity index (χ4v) is 2.30. The number of nitrogens with zero attached hydrogens (tertiary/aromatic N) is 1. The summed E-state index contributed by atoms with van der Waals surface area (Å²) in [6.07, 6.45) is 4.42. The van der Waals surface area contributed by atoms with Crippen LogP contribution >= 0.6 is 0 Å². The molecule has 1 rings (SSSR count). The number of aliphatic hydroxyl groups is 1. The highest BCUT2D eigenvalue weighted by Crippen LogP contribution is 2.17. The van der Waals surface area contributed by atoms with Crippen molar-refractivity contribution in [3.63, 3.8) is 0 Å². The largest absolute Gasteiger partial charge is 0.395 e. The van der Waals surface area contributed by atoms with E-state index in [4.69, 9.17) is 0 Å². The SMILES string of the molecule is CC(C)(C)C(=O)NCCCCN1CCCC1CO. The number of aliphatic hydroxyl groups excluding tert-OH is 1. The molecule has 0 spiro atoms. The number of carbonyl (C=O) groups is 1. The van der Waals surface area contributed by atoms with Gasteiger partial charge in [0.1, 0.15) is 0 Å². The van der Waals surface area contributed by atoms with Crippen molar-refractivity contribution in [2.75, 3.05) is 26.2 Å². The van der Waals surface area contributed by atoms with E-state index in [1.165, 1.54) is 6.42 Å². The van der Waals surface area contributed by atoms with E-state index in [0.29, 0.717) is 6.04 Å². The molecule has 1 aliphatic rings. The zero-order chi connectivity index (χ0) is 13.6. The Hall–Kier alpha value is -0.610. The van der Waals surface area contributed by atoms with Gasteiger partial charge in [-0.25, -0.2) is 0 Å². The van der Waals surface area contributed by atoms with Crippen LogP contribution in [0.4, 0.5) is 0 Å². The molecule has 1 fully saturated rings. The first-order valence-electron chi connectivity index (χ1n) is 7.08. The third-order valence-corrected chi connectivity index (χ3v) is 3.55. The summed E-state index contributed by atoms with van der Waals surface area (Å²) in [6, 6.07) is 0.370. The summed E-state index contributed by atoms with van der Waals surface area (Å²) < 4.78 is 0. The fourth-order valence-electron chi connectivity index (χ4n) is 2.30. The highest BCUT2D eigenvalue weighted by atomic mass is 16.3. The molecule has 4 nitrogen and oxygen atoms in total. The standard InChI is InChI=1S/C14H28N2O2/c1-14(2,3)13(18)15-8-4-5-9-16-10-6-7-12(16)11-17/h12,17H,4-11H2,1-3H3,(H,15,18). The molecule has 18 heavy (non-hydrogen) atoms. The van der Waals surface area contributed by atoms with Crippen molar-refractivity contribution in [1.82, 2.24) is 10.2 Å². The van der Waals surface area contributed by atoms with Gasteiger partial charge < -0.3 is 10.4 Å². The van der Waals surface area contributed by atoms with Gasteiger partial charge in [0.15, 0.2) is 0 Å². The molecule has 0 saturated carbocycles. The molecule has 4 heteroatoms. The van der Waals surface area contributed by atoms with E-state index in [1.54, 1.807) is 0 Å². The number of carbonyl (C=O) groups excluding carboxylic acids is 1. The van der Waals surface area contributed by atoms with Crippen LogP contribution in [0.25, 0.3) is 0 Å². The fraction of sp³-hybridized carbons (Fsp3) is 0.929. The van der Waals surface area contributed by atoms with Crippen molar-refractivity contribution < 1.29 is 9.90 Å². The quantitative estimate of drug-likeness (QED) is 0.706. The van der Waals surface area contributed by atoms with Crippen molar-refractivity contribution in [1.29, 1.82) is 0 Å². The van der Waals surface area contributed by atoms with Gasteiger partial charge in [0.25, 0.3) is 0 Å². The van der Waals surface area contributed by atoms with E-state index in [1.807, 2.05) is 20.8 Å². The average Bonchev–Trinajstić information content (AvgIpc) is 2.74. The minimum absolute atomic E-state index is 0.122. The molecule has 106 valence electrons. The first-order valence-corrected chi connectivity index (χ1v) is 7.08. The molecule has 1 saturated heterocycles. The van der Waals surface area contributed by atoms with Gasteiger partial charge in [0, 0.05) is 18.0 Å². The van der Waals surface area contributed by atoms with Gasteiger partial charge in [0.05, 0.1) is 6.61 Å². The second kappa shape index (κ2) is 7.10. The number of unbranched alkanes of at least 4 members (excludes halogenated alkanes) is 1. The number of rotatable bonds is 6. The summed E-state index contributed by atoms with van der Waals surface area (Å²) in [7, 11) is 0. The Bertz CT molecular complexity index is 261. The first kappa shape index (κ1) is 15.4. The first-order chi connectivity index (χ1) is 8.45. The van der Waals surface area contributed by atoms with Crippen LogP contribution in [0.15, 0.2) is 0 Å². The number of hydrogen-bond acceptors (Lipinski definition) is 3. The number of likely N-dealkylation sites (tertiary alicyclic amines) is 1. The normalized spacial score (nSPS) is 21.2. The second-order valence-corrected chi connectivity index (χ2v) is 6.23. The molecule has 1 atom stereocenters. The minimum Gasteiger partial charge on any atom is -0.395 e. The molecule has 0 aromatic heterocycles. The zero-order valence-electron chi connectivity index (χ0n) is 12.0. The van der Waals surface area contributed by atoms with Gasteiger partial charge in [-0.1, -0.05) is 20.8 Å². The molecular weight excluding hydrogens is 228 g/mol. The maximum absolute atomic E-state index is 11.6. The predicted molar refractivity (Wildman–Crippen MR) is 73.4 cm³/mol. The van der Waals surface area contributed by atoms with Crippen molar-refractivity contribution in [2.24, 2.45) is 5.41 Å². The van der Waals surface area contributed by atoms with Gasteiger partial charge >= 0.3 is 0 Å². The molecule has 0 aromatic rings. The summed E-state index contributed by atoms with van der Waals surface area (Å²) in [4.78, 5) is 14.0. The van der Waals surface area contributed by atoms with E-state index in [2.05, 4.69) is 10.2 Å². The second-order valence-electron chi connectivity index (χ2n) is 6.23. The Morgan fingerprint density at radius 1 is 1.39 bits per heavy atom. The smallest absolute Gasteiger partial charge is 0.225 e. The zero-order valence-corrected chi connectivity index (χ0v) is 12.0. The molecular formula is C14H28N2O2. The number of hydrogen-bond donors (Lipinski definition) is 2. The molecule has 1 amide bonds. The van der Waals surface area contributed by atoms with Crippen LogP contribution in [0.5, 0.6) is 0 Å². The van der Waals surface area contributed by atoms with Crippen molar-refractivity contribution in [3.8, 4) is 0 Å². The number of nitrogens with one attached hydrogen (secondary N) is 1. The Kier molecular flexibility index (Phi) is 6.09. The van der Waals surface area contributed by atoms with E-state index in [0.717, 1.165) is 38.9 Å². The van der Waals surface area contributed by atoms with Crippen LogP contribution in [-0.2, 0) is 4.79 Å². The highest BCUT2D eigenvalue weighted by Gasteiger charge is 2.23. The molecule has 0 radical (unpaired) electrons. The lowest BCUT2D eigenvalue weighted by molar-refractivity contribution is -0.128. The van der Waals surface area contributed by atoms with Gasteiger partial charge in [-0.3, -0.25) is 9.69 Å². The van der Waals surface area contributed by atoms with Gasteiger partial charge in [0.2, 0.25) is 5.91 Å². The molecule has 0 bridgehead atoms. The molecule has 0 aliphatic carbocycles. The Morgan fingerprint density at radius 2 is 2.11 bits per heavy atom. The summed E-state index contributed by atoms with van der Waals surface area (Å²) >= 11 is 0. The maximum atomic E-state index is 11.6. The van der Waals surface area contributed by atoms with E-state index < -0.39 is 0 Å². The molecule has 0 aromatic carbocycles. The van der Waals surface area contributed by atoms with Crippen molar-refractivity contribution in [3.05, 3.63) is 0 Å². The summed E-state index contributed by atoms with van der Waals surface area (Å²) in [5.74, 6) is 0.122. The third kappa shape index (κ3) is 4.94. The number of amides is 1. The lowest BCUT2D eigenvalue weighted by Gasteiger charge is -2.22. The maximum Gasteiger partial charge on any atom is 0.225 e. The van der Waals surface area contributed by atoms with Crippen LogP contribution in [0.3, 0.4) is 0 Å². The van der Waals surface area contributed by atoms with Gasteiger partial charge in [-0.15, -0.1) is 0 Å². The Morgan fingerprint density at radius 3 is 2.72 bits per heavy atom. The summed E-state index contributed by atoms with van der Waals surface area (Å²) in [5.41, 5.74) is -0.295. The molecule has 1 heterocycles. The van der Waals surface area contributed by atoms with Crippen LogP contribution in [0.2, 0.25) is 0 Å². The summed E-state index contributed by atoms with van der Waals surface area (Å²) in [6.45, 7) is 8.97. The monoisotopic (exact) mass is 256 g/mol. The highest BCUT2D eigenvalue weighted by molar-refractivity contribution is 5.81. The molecule has 1 aliphatic heterocycles. The van der Waals surface area contributed by atoms with E-state index >= 15 is 0 Å². The summed E-state index contributed by atoms with van der Waals surface area (Å²) in [5, 5.41) is 12.2. The lowest BCUT2D eigenvalue weighted by atomic mass is 9.96. The van der Waals surface area contributed by atoms with Crippen LogP contribution in [-0.4, -0.2) is 48.2 Å². The van der Waals surface area contributed by atoms with Crippen LogP contribution < -0.4 is 5.32 Å². The average molecular weight is 256 g/mol. The molecule has 1 unspecified atom stereocenters. The van der Waals surface area contributed by atoms with Gasteiger partial charge in [-0.05, 0) is 38.8 Å². The van der Waals surface area contributed by atoms with Crippen LogP contribution in [0.1, 0.15) is 46.5 Å². The minimum atomic E-state index is -0.295. The van der Waals surface area contributed by atoms with Crippen molar-refractivity contribution in [2.45, 2.75) is 52.5 Å². The van der Waals surface area contributed by atoms with Crippen LogP contribution in [0, 0.1) is 5.41 Å². The van der Waals surface area contributed by atoms with E-state index in [9.17, 15) is 9.90 Å². The third-order valence-electron chi connectivity index (χ3n) is 3.55. The predicted octanol–water partition coefficient (Wildman–Crippen LogP) is 1.39. The van der Waals surface area contributed by atoms with Crippen molar-refractivity contribution >= 4 is 5.91 Å². The topological polar surface area (TPSA) is 52.6 Å². The lowest BCUT2D eigenvalue weighted by Crippen LogP contribution is -2.36.